The number of rotatable bonds is 29. The first kappa shape index (κ1) is 86.4. The van der Waals surface area contributed by atoms with Gasteiger partial charge in [0.2, 0.25) is 17.8 Å². The molecule has 0 saturated heterocycles. The van der Waals surface area contributed by atoms with E-state index < -0.39 is 0 Å². The predicted octanol–water partition coefficient (Wildman–Crippen LogP) is 6.43. The Morgan fingerprint density at radius 1 is 0.466 bits per heavy atom. The molecule has 12 rings (SSSR count). The number of nitrogens with zero attached hydrogens (tertiary/aromatic N) is 15. The number of pyridine rings is 3. The first-order valence-corrected chi connectivity index (χ1v) is 37.7. The summed E-state index contributed by atoms with van der Waals surface area (Å²) in [5, 5.41) is 27.0. The molecule has 612 valence electrons. The molecule has 0 bridgehead atoms. The molecule has 3 aliphatic rings. The monoisotopic (exact) mass is 1650 g/mol. The van der Waals surface area contributed by atoms with Crippen molar-refractivity contribution in [3.63, 3.8) is 0 Å². The Kier molecular flexibility index (Phi) is 28.7. The van der Waals surface area contributed by atoms with E-state index in [1.165, 1.54) is 20.9 Å². The van der Waals surface area contributed by atoms with Crippen molar-refractivity contribution in [2.75, 3.05) is 147 Å². The summed E-state index contributed by atoms with van der Waals surface area (Å²) in [5.74, 6) is 0.977. The SMILES string of the molecule is COc1c(C)cnc(CN2C(=O)/C(=C\c3cc(C(=O)NCCCN(C)C)c[nH]3)c3c(Cl)nc(N)nc32)c1C.COc1c(C)cnc(CN2C(=O)/C(=C\c3cc(C(=O)NCCN(C)C)c[nH]3)c3c(Cl)nc(N)nc32)c1C.COc1c(C)cnc(CN2C(=O)/C(=C\c3cc(C(=O)NCCN(CCO)CCO)c[nH]3)c3c(Cl)nc(N)nc32)c1C. The third-order valence-electron chi connectivity index (χ3n) is 19.0. The molecule has 6 amide bonds. The molecule has 0 fully saturated rings. The average Bonchev–Trinajstić information content (AvgIpc) is 1.63. The van der Waals surface area contributed by atoms with Crippen LogP contribution in [0.25, 0.3) is 34.9 Å². The van der Waals surface area contributed by atoms with Crippen LogP contribution in [0.3, 0.4) is 0 Å². The van der Waals surface area contributed by atoms with Gasteiger partial charge in [0.05, 0.1) is 121 Å². The van der Waals surface area contributed by atoms with Crippen molar-refractivity contribution >= 4 is 140 Å². The van der Waals surface area contributed by atoms with E-state index in [1.54, 1.807) is 88.7 Å². The zero-order valence-corrected chi connectivity index (χ0v) is 68.7. The molecule has 116 heavy (non-hydrogen) atoms. The minimum Gasteiger partial charge on any atom is -0.496 e. The molecule has 35 nitrogen and oxygen atoms in total. The number of carbonyl (C=O) groups excluding carboxylic acids is 6. The predicted molar refractivity (Wildman–Crippen MR) is 444 cm³/mol. The fourth-order valence-corrected chi connectivity index (χ4v) is 14.0. The summed E-state index contributed by atoms with van der Waals surface area (Å²) in [7, 11) is 12.6. The Hall–Kier alpha value is -12.0. The molecule has 14 N–H and O–H groups in total. The number of halogens is 3. The normalized spacial score (nSPS) is 13.9. The van der Waals surface area contributed by atoms with E-state index in [-0.39, 0.29) is 124 Å². The lowest BCUT2D eigenvalue weighted by atomic mass is 10.1. The van der Waals surface area contributed by atoms with Crippen molar-refractivity contribution in [1.29, 1.82) is 0 Å². The first-order valence-electron chi connectivity index (χ1n) is 36.6. The van der Waals surface area contributed by atoms with Crippen molar-refractivity contribution in [3.8, 4) is 17.2 Å². The van der Waals surface area contributed by atoms with Crippen LogP contribution in [-0.2, 0) is 34.0 Å². The fourth-order valence-electron chi connectivity index (χ4n) is 13.2. The second-order valence-corrected chi connectivity index (χ2v) is 28.8. The molecular weight excluding hydrogens is 1560 g/mol. The highest BCUT2D eigenvalue weighted by Gasteiger charge is 2.41. The Morgan fingerprint density at radius 2 is 0.767 bits per heavy atom. The summed E-state index contributed by atoms with van der Waals surface area (Å²) in [5.41, 5.74) is 29.3. The minimum absolute atomic E-state index is 0.0283. The zero-order valence-electron chi connectivity index (χ0n) is 66.5. The number of carbonyl (C=O) groups is 6. The molecule has 9 aromatic rings. The van der Waals surface area contributed by atoms with Gasteiger partial charge in [-0.25, -0.2) is 15.0 Å². The molecule has 3 aliphatic heterocycles. The number of H-pyrrole nitrogens is 3. The first-order chi connectivity index (χ1) is 55.4. The van der Waals surface area contributed by atoms with Gasteiger partial charge in [-0.2, -0.15) is 15.0 Å². The number of aryl methyl sites for hydroxylation is 3. The molecule has 0 aromatic carbocycles. The lowest BCUT2D eigenvalue weighted by molar-refractivity contribution is -0.113. The summed E-state index contributed by atoms with van der Waals surface area (Å²) in [6, 6.07) is 4.95. The molecule has 0 aliphatic carbocycles. The van der Waals surface area contributed by atoms with Crippen LogP contribution in [0, 0.1) is 41.5 Å². The summed E-state index contributed by atoms with van der Waals surface area (Å²) in [6.07, 6.45) is 15.5. The summed E-state index contributed by atoms with van der Waals surface area (Å²) in [6.45, 7) is 15.9. The van der Waals surface area contributed by atoms with Crippen molar-refractivity contribution < 1.29 is 53.2 Å². The molecule has 0 radical (unpaired) electrons. The zero-order chi connectivity index (χ0) is 84.1. The van der Waals surface area contributed by atoms with E-state index in [2.05, 4.69) is 80.7 Å². The number of hydrogen-bond acceptors (Lipinski definition) is 26. The van der Waals surface area contributed by atoms with Crippen molar-refractivity contribution in [2.45, 2.75) is 67.6 Å². The van der Waals surface area contributed by atoms with Gasteiger partial charge < -0.3 is 82.3 Å². The van der Waals surface area contributed by atoms with Crippen LogP contribution in [0.1, 0.15) is 122 Å². The third kappa shape index (κ3) is 19.9. The Labute approximate surface area is 684 Å². The van der Waals surface area contributed by atoms with Gasteiger partial charge in [0, 0.05) is 133 Å². The van der Waals surface area contributed by atoms with E-state index in [4.69, 9.17) is 76.4 Å². The number of amides is 6. The molecule has 12 heterocycles. The maximum absolute atomic E-state index is 13.7. The lowest BCUT2D eigenvalue weighted by Crippen LogP contribution is -2.37. The number of aliphatic hydroxyl groups excluding tert-OH is 2. The topological polar surface area (TPSA) is 468 Å². The molecule has 0 atom stereocenters. The van der Waals surface area contributed by atoms with Crippen LogP contribution in [0.4, 0.5) is 35.3 Å². The van der Waals surface area contributed by atoms with Crippen LogP contribution in [0.5, 0.6) is 17.2 Å². The maximum Gasteiger partial charge on any atom is 0.260 e. The maximum atomic E-state index is 13.7. The summed E-state index contributed by atoms with van der Waals surface area (Å²) >= 11 is 19.4. The molecular formula is C78H93Cl3N24O11. The van der Waals surface area contributed by atoms with Gasteiger partial charge in [-0.1, -0.05) is 34.8 Å². The number of anilines is 6. The smallest absolute Gasteiger partial charge is 0.260 e. The number of aliphatic hydroxyl groups is 2. The highest BCUT2D eigenvalue weighted by atomic mass is 35.5. The minimum atomic E-state index is -0.379. The highest BCUT2D eigenvalue weighted by Crippen LogP contribution is 2.45. The van der Waals surface area contributed by atoms with Gasteiger partial charge in [-0.15, -0.1) is 0 Å². The largest absolute Gasteiger partial charge is 0.496 e. The summed E-state index contributed by atoms with van der Waals surface area (Å²) < 4.78 is 16.5. The molecule has 9 aromatic heterocycles. The Morgan fingerprint density at radius 3 is 1.06 bits per heavy atom. The number of nitrogens with one attached hydrogen (secondary N) is 6. The van der Waals surface area contributed by atoms with Crippen molar-refractivity contribution in [2.24, 2.45) is 0 Å². The van der Waals surface area contributed by atoms with Crippen LogP contribution in [0.15, 0.2) is 55.4 Å². The van der Waals surface area contributed by atoms with Crippen LogP contribution in [0.2, 0.25) is 15.5 Å². The second-order valence-electron chi connectivity index (χ2n) is 27.7. The van der Waals surface area contributed by atoms with Gasteiger partial charge in [0.25, 0.3) is 35.4 Å². The van der Waals surface area contributed by atoms with E-state index in [0.29, 0.717) is 136 Å². The number of nitrogen functional groups attached to an aromatic ring is 3. The Bertz CT molecular complexity index is 5300. The molecule has 0 spiro atoms. The fraction of sp³-hybridized carbons (Fsp3) is 0.346. The molecule has 0 saturated carbocycles. The van der Waals surface area contributed by atoms with Gasteiger partial charge >= 0.3 is 0 Å². The molecule has 38 heteroatoms. The second kappa shape index (κ2) is 38.5. The van der Waals surface area contributed by atoms with Gasteiger partial charge in [0.1, 0.15) is 32.7 Å². The van der Waals surface area contributed by atoms with Crippen LogP contribution >= 0.6 is 34.8 Å². The summed E-state index contributed by atoms with van der Waals surface area (Å²) in [4.78, 5) is 137. The van der Waals surface area contributed by atoms with Gasteiger partial charge in [-0.05, 0) is 119 Å². The van der Waals surface area contributed by atoms with Crippen molar-refractivity contribution in [1.82, 2.24) is 90.5 Å². The number of aromatic amines is 3. The molecule has 0 unspecified atom stereocenters. The van der Waals surface area contributed by atoms with Crippen LogP contribution < -0.4 is 62.1 Å². The lowest BCUT2D eigenvalue weighted by Gasteiger charge is -2.19. The number of nitrogens with two attached hydrogens (primary N) is 3. The number of aromatic nitrogens is 12. The van der Waals surface area contributed by atoms with Gasteiger partial charge in [0.15, 0.2) is 17.5 Å². The van der Waals surface area contributed by atoms with Crippen molar-refractivity contribution in [3.05, 3.63) is 172 Å². The van der Waals surface area contributed by atoms with E-state index in [0.717, 1.165) is 52.9 Å². The number of likely N-dealkylation sites (N-methyl/N-ethyl adjacent to an activating group) is 1. The third-order valence-corrected chi connectivity index (χ3v) is 19.8. The standard InChI is InChI=1S/C27H33ClN8O5.C26H31ClN8O3.C25H29ClN8O3/c1-15-12-32-20(16(2)22(15)41-3)14-36-24-21(23(28)33-27(29)34-24)19(26(36)40)11-18-10-17(13-31-18)25(39)30-4-5-35(6-8-37)7-9-38;1-14-11-31-19(15(2)21(14)38-5)13-35-23-20(22(27)32-26(28)33-23)18(25(35)37)10-17-9-16(12-30-17)24(36)29-7-6-8-34(3)4;1-13-10-30-18(14(2)20(13)37-5)12-34-22-19(21(26)31-25(27)32-22)17(24(34)36)9-16-8-15(11-29-16)23(35)28-6-7-33(3)4/h10-13,31,37-38H,4-9,14H2,1-3H3,(H,30,39)(H2,29,33,34);9-12,30H,6-8,13H2,1-5H3,(H,29,36)(H2,28,32,33);8-11,29H,6-7,12H2,1-5H3,(H,28,35)(H2,27,31,32)/b19-11-;18-10-;17-9-. The quantitative estimate of drug-likeness (QED) is 0.0137. The van der Waals surface area contributed by atoms with Crippen LogP contribution in [-0.4, -0.2) is 235 Å². The number of methoxy groups -OCH3 is 3. The van der Waals surface area contributed by atoms with Gasteiger partial charge in [-0.3, -0.25) is 63.3 Å². The number of hydrogen-bond donors (Lipinski definition) is 11. The van der Waals surface area contributed by atoms with E-state index in [9.17, 15) is 28.8 Å². The number of ether oxygens (including phenoxy) is 3. The van der Waals surface area contributed by atoms with E-state index in [1.807, 2.05) is 79.5 Å². The number of fused-ring (bicyclic) bond motifs is 3. The van der Waals surface area contributed by atoms with E-state index >= 15 is 0 Å². The average molecular weight is 1650 g/mol. The highest BCUT2D eigenvalue weighted by molar-refractivity contribution is 6.43. The Balaban J connectivity index is 0.000000184.